The summed E-state index contributed by atoms with van der Waals surface area (Å²) in [5, 5.41) is 3.37. The smallest absolute Gasteiger partial charge is 0.114 e. The molecule has 0 atom stereocenters. The molecule has 1 aliphatic heterocycles. The van der Waals surface area contributed by atoms with Crippen LogP contribution in [0.4, 0.5) is 0 Å². The maximum Gasteiger partial charge on any atom is 0.114 e. The molecule has 2 N–H and O–H groups in total. The highest BCUT2D eigenvalue weighted by atomic mass is 15.2. The van der Waals surface area contributed by atoms with Gasteiger partial charge in [0, 0.05) is 12.7 Å². The quantitative estimate of drug-likeness (QED) is 0.226. The van der Waals surface area contributed by atoms with E-state index in [4.69, 9.17) is 5.84 Å². The van der Waals surface area contributed by atoms with Crippen LogP contribution in [-0.4, -0.2) is 17.8 Å². The fourth-order valence-corrected chi connectivity index (χ4v) is 0.690. The second-order valence-electron chi connectivity index (χ2n) is 1.68. The van der Waals surface area contributed by atoms with Gasteiger partial charge >= 0.3 is 0 Å². The Hall–Kier alpha value is -0.990. The van der Waals surface area contributed by atoms with Gasteiger partial charge in [-0.3, -0.25) is 0 Å². The molecule has 0 bridgehead atoms. The van der Waals surface area contributed by atoms with Crippen molar-refractivity contribution in [3.8, 4) is 0 Å². The van der Waals surface area contributed by atoms with Gasteiger partial charge in [0.25, 0.3) is 0 Å². The Morgan fingerprint density at radius 2 is 2.62 bits per heavy atom. The Kier molecular flexibility index (Phi) is 1.51. The van der Waals surface area contributed by atoms with E-state index in [0.717, 1.165) is 13.0 Å². The molecule has 0 aromatic carbocycles. The largest absolute Gasteiger partial charge is 0.338 e. The van der Waals surface area contributed by atoms with E-state index in [0.29, 0.717) is 0 Å². The molecule has 8 heavy (non-hydrogen) atoms. The first-order chi connectivity index (χ1) is 3.93. The molecule has 1 rings (SSSR count). The van der Waals surface area contributed by atoms with Crippen molar-refractivity contribution in [1.82, 2.24) is 4.90 Å². The van der Waals surface area contributed by atoms with Gasteiger partial charge in [0.2, 0.25) is 0 Å². The van der Waals surface area contributed by atoms with Gasteiger partial charge in [-0.05, 0) is 6.42 Å². The van der Waals surface area contributed by atoms with Crippen molar-refractivity contribution in [2.45, 2.75) is 6.42 Å². The fraction of sp³-hybridized carbons (Fsp3) is 0.400. The van der Waals surface area contributed by atoms with Crippen molar-refractivity contribution in [3.05, 3.63) is 12.3 Å². The first-order valence-corrected chi connectivity index (χ1v) is 2.59. The van der Waals surface area contributed by atoms with Gasteiger partial charge in [-0.15, -0.1) is 0 Å². The van der Waals surface area contributed by atoms with Crippen LogP contribution in [-0.2, 0) is 0 Å². The monoisotopic (exact) mass is 111 g/mol. The summed E-state index contributed by atoms with van der Waals surface area (Å²) in [6.45, 7) is 1.01. The van der Waals surface area contributed by atoms with E-state index in [1.54, 1.807) is 6.34 Å². The molecule has 0 spiro atoms. The summed E-state index contributed by atoms with van der Waals surface area (Å²) in [5.41, 5.74) is 0. The third-order valence-electron chi connectivity index (χ3n) is 1.07. The lowest BCUT2D eigenvalue weighted by Gasteiger charge is -2.03. The highest BCUT2D eigenvalue weighted by Crippen LogP contribution is 1.99. The van der Waals surface area contributed by atoms with Crippen LogP contribution in [0.15, 0.2) is 17.4 Å². The van der Waals surface area contributed by atoms with Crippen molar-refractivity contribution >= 4 is 6.34 Å². The van der Waals surface area contributed by atoms with Crippen LogP contribution in [0.1, 0.15) is 6.42 Å². The van der Waals surface area contributed by atoms with Gasteiger partial charge in [-0.1, -0.05) is 6.08 Å². The summed E-state index contributed by atoms with van der Waals surface area (Å²) in [4.78, 5) is 1.94. The minimum Gasteiger partial charge on any atom is -0.338 e. The number of hydrogen-bond acceptors (Lipinski definition) is 2. The Bertz CT molecular complexity index is 117. The van der Waals surface area contributed by atoms with E-state index in [1.165, 1.54) is 0 Å². The number of rotatable bonds is 1. The van der Waals surface area contributed by atoms with Crippen LogP contribution >= 0.6 is 0 Å². The Morgan fingerprint density at radius 1 is 1.75 bits per heavy atom. The van der Waals surface area contributed by atoms with Crippen molar-refractivity contribution < 1.29 is 0 Å². The molecule has 0 unspecified atom stereocenters. The molecule has 1 aliphatic rings. The normalized spacial score (nSPS) is 18.8. The number of hydrazone groups is 1. The van der Waals surface area contributed by atoms with Gasteiger partial charge in [0.1, 0.15) is 6.34 Å². The second-order valence-corrected chi connectivity index (χ2v) is 1.68. The summed E-state index contributed by atoms with van der Waals surface area (Å²) in [7, 11) is 0. The summed E-state index contributed by atoms with van der Waals surface area (Å²) >= 11 is 0. The van der Waals surface area contributed by atoms with Crippen LogP contribution in [0.25, 0.3) is 0 Å². The van der Waals surface area contributed by atoms with Crippen LogP contribution in [0.5, 0.6) is 0 Å². The van der Waals surface area contributed by atoms with Gasteiger partial charge in [-0.2, -0.15) is 5.10 Å². The van der Waals surface area contributed by atoms with Gasteiger partial charge < -0.3 is 10.7 Å². The van der Waals surface area contributed by atoms with Crippen LogP contribution in [0.3, 0.4) is 0 Å². The van der Waals surface area contributed by atoms with Crippen molar-refractivity contribution in [2.24, 2.45) is 10.9 Å². The molecule has 0 amide bonds. The van der Waals surface area contributed by atoms with Gasteiger partial charge in [0.15, 0.2) is 0 Å². The Morgan fingerprint density at radius 3 is 3.12 bits per heavy atom. The zero-order valence-electron chi connectivity index (χ0n) is 4.62. The maximum atomic E-state index is 4.90. The standard InChI is InChI=1S/C5H9N3/c6-7-5-8-3-1-2-4-8/h1,3,5H,2,4,6H2. The Balaban J connectivity index is 2.36. The molecule has 0 saturated heterocycles. The lowest BCUT2D eigenvalue weighted by molar-refractivity contribution is 0.617. The number of nitrogens with zero attached hydrogens (tertiary/aromatic N) is 2. The molecular formula is C5H9N3. The van der Waals surface area contributed by atoms with Crippen molar-refractivity contribution in [3.63, 3.8) is 0 Å². The van der Waals surface area contributed by atoms with Crippen molar-refractivity contribution in [2.75, 3.05) is 6.54 Å². The van der Waals surface area contributed by atoms with Gasteiger partial charge in [-0.25, -0.2) is 0 Å². The highest BCUT2D eigenvalue weighted by Gasteiger charge is 1.97. The fourth-order valence-electron chi connectivity index (χ4n) is 0.690. The first kappa shape index (κ1) is 5.15. The first-order valence-electron chi connectivity index (χ1n) is 2.59. The zero-order valence-corrected chi connectivity index (χ0v) is 4.62. The van der Waals surface area contributed by atoms with Gasteiger partial charge in [0.05, 0.1) is 0 Å². The van der Waals surface area contributed by atoms with Crippen LogP contribution in [0, 0.1) is 0 Å². The molecule has 3 heteroatoms. The summed E-state index contributed by atoms with van der Waals surface area (Å²) < 4.78 is 0. The molecule has 0 aliphatic carbocycles. The van der Waals surface area contributed by atoms with Crippen LogP contribution < -0.4 is 5.84 Å². The summed E-state index contributed by atoms with van der Waals surface area (Å²) in [6.07, 6.45) is 6.77. The predicted molar refractivity (Wildman–Crippen MR) is 33.1 cm³/mol. The number of nitrogens with two attached hydrogens (primary N) is 1. The lowest BCUT2D eigenvalue weighted by atomic mass is 10.5. The maximum absolute atomic E-state index is 4.90. The average Bonchev–Trinajstić information content (AvgIpc) is 2.19. The van der Waals surface area contributed by atoms with E-state index < -0.39 is 0 Å². The van der Waals surface area contributed by atoms with E-state index >= 15 is 0 Å². The second kappa shape index (κ2) is 2.35. The predicted octanol–water partition coefficient (Wildman–Crippen LogP) is 0.108. The zero-order chi connectivity index (χ0) is 5.82. The topological polar surface area (TPSA) is 41.6 Å². The van der Waals surface area contributed by atoms with E-state index in [-0.39, 0.29) is 0 Å². The third kappa shape index (κ3) is 0.992. The highest BCUT2D eigenvalue weighted by molar-refractivity contribution is 5.56. The molecule has 0 aromatic rings. The lowest BCUT2D eigenvalue weighted by Crippen LogP contribution is -2.12. The molecule has 44 valence electrons. The third-order valence-corrected chi connectivity index (χ3v) is 1.07. The molecule has 0 saturated carbocycles. The SMILES string of the molecule is NN=CN1C=CCC1. The van der Waals surface area contributed by atoms with E-state index in [9.17, 15) is 0 Å². The van der Waals surface area contributed by atoms with E-state index in [2.05, 4.69) is 11.2 Å². The molecular weight excluding hydrogens is 102 g/mol. The van der Waals surface area contributed by atoms with Crippen LogP contribution in [0.2, 0.25) is 0 Å². The molecule has 1 heterocycles. The minimum atomic E-state index is 1.01. The Labute approximate surface area is 48.5 Å². The van der Waals surface area contributed by atoms with Crippen molar-refractivity contribution in [1.29, 1.82) is 0 Å². The average molecular weight is 111 g/mol. The molecule has 3 nitrogen and oxygen atoms in total. The number of hydrogen-bond donors (Lipinski definition) is 1. The summed E-state index contributed by atoms with van der Waals surface area (Å²) in [6, 6.07) is 0. The van der Waals surface area contributed by atoms with E-state index in [1.807, 2.05) is 11.1 Å². The minimum absolute atomic E-state index is 1.01. The molecule has 0 aromatic heterocycles. The summed E-state index contributed by atoms with van der Waals surface area (Å²) in [5.74, 6) is 4.90. The molecule has 0 radical (unpaired) electrons. The molecule has 0 fully saturated rings.